The van der Waals surface area contributed by atoms with Crippen LogP contribution in [0, 0.1) is 11.3 Å². The fourth-order valence-corrected chi connectivity index (χ4v) is 2.58. The zero-order chi connectivity index (χ0) is 14.8. The molecule has 20 heavy (non-hydrogen) atoms. The molecule has 0 fully saturated rings. The van der Waals surface area contributed by atoms with Crippen LogP contribution in [0.2, 0.25) is 0 Å². The number of aromatic nitrogens is 2. The van der Waals surface area contributed by atoms with Crippen LogP contribution >= 0.6 is 0 Å². The van der Waals surface area contributed by atoms with Crippen molar-refractivity contribution < 1.29 is 8.42 Å². The maximum Gasteiger partial charge on any atom is 0.278 e. The molecule has 104 valence electrons. The largest absolute Gasteiger partial charge is 0.334 e. The van der Waals surface area contributed by atoms with Gasteiger partial charge in [-0.2, -0.15) is 13.7 Å². The zero-order valence-electron chi connectivity index (χ0n) is 11.1. The molecule has 2 N–H and O–H groups in total. The summed E-state index contributed by atoms with van der Waals surface area (Å²) < 4.78 is 26.4. The molecule has 1 heterocycles. The van der Waals surface area contributed by atoms with Crippen LogP contribution in [0.3, 0.4) is 0 Å². The Morgan fingerprint density at radius 3 is 2.45 bits per heavy atom. The van der Waals surface area contributed by atoms with Crippen LogP contribution in [0.5, 0.6) is 0 Å². The average molecular weight is 290 g/mol. The highest BCUT2D eigenvalue weighted by molar-refractivity contribution is 7.92. The Morgan fingerprint density at radius 2 is 1.95 bits per heavy atom. The predicted octanol–water partition coefficient (Wildman–Crippen LogP) is 2.01. The van der Waals surface area contributed by atoms with E-state index in [2.05, 4.69) is 20.8 Å². The van der Waals surface area contributed by atoms with Crippen molar-refractivity contribution in [1.82, 2.24) is 9.97 Å². The summed E-state index contributed by atoms with van der Waals surface area (Å²) in [7, 11) is -3.66. The predicted molar refractivity (Wildman–Crippen MR) is 74.5 cm³/mol. The molecule has 0 bridgehead atoms. The summed E-state index contributed by atoms with van der Waals surface area (Å²) >= 11 is 0. The summed E-state index contributed by atoms with van der Waals surface area (Å²) in [5.41, 5.74) is 0.641. The van der Waals surface area contributed by atoms with Crippen molar-refractivity contribution in [1.29, 1.82) is 5.26 Å². The Morgan fingerprint density at radius 1 is 1.30 bits per heavy atom. The summed E-state index contributed by atoms with van der Waals surface area (Å²) in [5, 5.41) is 9.05. The Balaban J connectivity index is 2.23. The smallest absolute Gasteiger partial charge is 0.278 e. The van der Waals surface area contributed by atoms with Gasteiger partial charge < -0.3 is 4.98 Å². The topological polar surface area (TPSA) is 98.6 Å². The van der Waals surface area contributed by atoms with Crippen molar-refractivity contribution in [2.24, 2.45) is 0 Å². The van der Waals surface area contributed by atoms with Gasteiger partial charge in [0.15, 0.2) is 5.03 Å². The fraction of sp³-hybridized carbons (Fsp3) is 0.231. The molecular weight excluding hydrogens is 276 g/mol. The molecule has 0 aliphatic rings. The minimum absolute atomic E-state index is 0.000990. The van der Waals surface area contributed by atoms with Crippen LogP contribution in [0.1, 0.15) is 19.4 Å². The maximum absolute atomic E-state index is 12.0. The second-order valence-electron chi connectivity index (χ2n) is 4.84. The van der Waals surface area contributed by atoms with Gasteiger partial charge in [0.1, 0.15) is 0 Å². The van der Waals surface area contributed by atoms with Crippen molar-refractivity contribution in [2.45, 2.75) is 24.3 Å². The van der Waals surface area contributed by atoms with Crippen molar-refractivity contribution >= 4 is 15.7 Å². The third-order valence-corrected chi connectivity index (χ3v) is 4.21. The Kier molecular flexibility index (Phi) is 3.51. The van der Waals surface area contributed by atoms with Crippen molar-refractivity contribution in [3.05, 3.63) is 42.4 Å². The first-order valence-electron chi connectivity index (χ1n) is 5.88. The molecule has 2 rings (SSSR count). The lowest BCUT2D eigenvalue weighted by molar-refractivity contribution is 0.598. The zero-order valence-corrected chi connectivity index (χ0v) is 11.9. The summed E-state index contributed by atoms with van der Waals surface area (Å²) in [4.78, 5) is 6.21. The number of nitriles is 1. The van der Waals surface area contributed by atoms with Crippen molar-refractivity contribution in [3.8, 4) is 6.07 Å². The fourth-order valence-electron chi connectivity index (χ4n) is 1.62. The average Bonchev–Trinajstić information content (AvgIpc) is 2.93. The first kappa shape index (κ1) is 14.1. The number of imidazole rings is 1. The second kappa shape index (κ2) is 4.98. The van der Waals surface area contributed by atoms with Gasteiger partial charge in [0.2, 0.25) is 0 Å². The number of rotatable bonds is 4. The number of benzene rings is 1. The molecule has 6 nitrogen and oxygen atoms in total. The van der Waals surface area contributed by atoms with Crippen LogP contribution in [0.15, 0.2) is 41.8 Å². The Labute approximate surface area is 117 Å². The SMILES string of the molecule is CC(C)(C#N)c1ccc(NS(=O)(=O)c2cnc[nH]2)cc1. The van der Waals surface area contributed by atoms with Gasteiger partial charge in [0, 0.05) is 5.69 Å². The standard InChI is InChI=1S/C13H14N4O2S/c1-13(2,8-14)10-3-5-11(6-4-10)17-20(18,19)12-7-15-9-16-12/h3-7,9,17H,1-2H3,(H,15,16). The second-order valence-corrected chi connectivity index (χ2v) is 6.49. The van der Waals surface area contributed by atoms with Crippen molar-refractivity contribution in [2.75, 3.05) is 4.72 Å². The van der Waals surface area contributed by atoms with Crippen LogP contribution < -0.4 is 4.72 Å². The van der Waals surface area contributed by atoms with Gasteiger partial charge in [0.05, 0.1) is 24.0 Å². The molecule has 1 aromatic heterocycles. The summed E-state index contributed by atoms with van der Waals surface area (Å²) in [6.07, 6.45) is 2.53. The van der Waals surface area contributed by atoms with Gasteiger partial charge in [-0.1, -0.05) is 12.1 Å². The maximum atomic E-state index is 12.0. The lowest BCUT2D eigenvalue weighted by atomic mass is 9.86. The number of hydrogen-bond donors (Lipinski definition) is 2. The van der Waals surface area contributed by atoms with Crippen molar-refractivity contribution in [3.63, 3.8) is 0 Å². The van der Waals surface area contributed by atoms with E-state index in [-0.39, 0.29) is 5.03 Å². The van der Waals surface area contributed by atoms with E-state index >= 15 is 0 Å². The van der Waals surface area contributed by atoms with Crippen LogP contribution in [0.25, 0.3) is 0 Å². The monoisotopic (exact) mass is 290 g/mol. The quantitative estimate of drug-likeness (QED) is 0.899. The molecular formula is C13H14N4O2S. The number of hydrogen-bond acceptors (Lipinski definition) is 4. The van der Waals surface area contributed by atoms with E-state index in [9.17, 15) is 8.42 Å². The van der Waals surface area contributed by atoms with E-state index in [1.165, 1.54) is 12.5 Å². The number of aromatic amines is 1. The number of anilines is 1. The lowest BCUT2D eigenvalue weighted by Crippen LogP contribution is -2.15. The van der Waals surface area contributed by atoms with Crippen LogP contribution in [-0.2, 0) is 15.4 Å². The van der Waals surface area contributed by atoms with E-state index in [0.717, 1.165) is 5.56 Å². The molecule has 0 aliphatic heterocycles. The molecule has 1 aromatic carbocycles. The molecule has 0 saturated carbocycles. The van der Waals surface area contributed by atoms with E-state index < -0.39 is 15.4 Å². The van der Waals surface area contributed by atoms with Crippen LogP contribution in [0.4, 0.5) is 5.69 Å². The molecule has 0 saturated heterocycles. The van der Waals surface area contributed by atoms with E-state index in [0.29, 0.717) is 5.69 Å². The van der Waals surface area contributed by atoms with Gasteiger partial charge in [-0.15, -0.1) is 0 Å². The minimum Gasteiger partial charge on any atom is -0.334 e. The van der Waals surface area contributed by atoms with Gasteiger partial charge in [-0.3, -0.25) is 4.72 Å². The van der Waals surface area contributed by atoms with E-state index in [1.54, 1.807) is 38.1 Å². The Bertz CT molecular complexity index is 726. The first-order valence-corrected chi connectivity index (χ1v) is 7.36. The highest BCUT2D eigenvalue weighted by Crippen LogP contribution is 2.24. The molecule has 0 radical (unpaired) electrons. The van der Waals surface area contributed by atoms with Gasteiger partial charge in [0.25, 0.3) is 10.0 Å². The lowest BCUT2D eigenvalue weighted by Gasteiger charge is -2.16. The summed E-state index contributed by atoms with van der Waals surface area (Å²) in [6, 6.07) is 8.91. The van der Waals surface area contributed by atoms with E-state index in [4.69, 9.17) is 5.26 Å². The summed E-state index contributed by atoms with van der Waals surface area (Å²) in [5.74, 6) is 0. The summed E-state index contributed by atoms with van der Waals surface area (Å²) in [6.45, 7) is 3.60. The van der Waals surface area contributed by atoms with E-state index in [1.807, 2.05) is 0 Å². The third kappa shape index (κ3) is 2.81. The molecule has 0 atom stereocenters. The number of nitrogens with zero attached hydrogens (tertiary/aromatic N) is 2. The first-order chi connectivity index (χ1) is 9.35. The number of H-pyrrole nitrogens is 1. The van der Waals surface area contributed by atoms with Gasteiger partial charge >= 0.3 is 0 Å². The molecule has 7 heteroatoms. The van der Waals surface area contributed by atoms with Gasteiger partial charge in [-0.05, 0) is 31.5 Å². The highest BCUT2D eigenvalue weighted by Gasteiger charge is 2.20. The normalized spacial score (nSPS) is 11.8. The molecule has 0 aliphatic carbocycles. The molecule has 0 unspecified atom stereocenters. The molecule has 0 spiro atoms. The number of nitrogens with one attached hydrogen (secondary N) is 2. The number of sulfonamides is 1. The third-order valence-electron chi connectivity index (χ3n) is 2.90. The van der Waals surface area contributed by atoms with Crippen LogP contribution in [-0.4, -0.2) is 18.4 Å². The van der Waals surface area contributed by atoms with Gasteiger partial charge in [-0.25, -0.2) is 4.98 Å². The molecule has 0 amide bonds. The Hall–Kier alpha value is -2.33. The minimum atomic E-state index is -3.66. The highest BCUT2D eigenvalue weighted by atomic mass is 32.2. The molecule has 2 aromatic rings.